The minimum atomic E-state index is 0.408. The van der Waals surface area contributed by atoms with E-state index in [2.05, 4.69) is 37.1 Å². The monoisotopic (exact) mass is 296 g/mol. The highest BCUT2D eigenvalue weighted by atomic mass is 35.5. The van der Waals surface area contributed by atoms with E-state index in [4.69, 9.17) is 23.2 Å². The van der Waals surface area contributed by atoms with E-state index >= 15 is 0 Å². The maximum Gasteiger partial charge on any atom is 0.130 e. The number of benzene rings is 1. The minimum Gasteiger partial charge on any atom is -0.370 e. The lowest BCUT2D eigenvalue weighted by Gasteiger charge is -2.15. The Balaban J connectivity index is 2.62. The average molecular weight is 297 g/mol. The first-order valence-electron chi connectivity index (χ1n) is 6.57. The van der Waals surface area contributed by atoms with Crippen LogP contribution in [0.25, 0.3) is 10.9 Å². The van der Waals surface area contributed by atoms with Gasteiger partial charge in [0.1, 0.15) is 5.82 Å². The lowest BCUT2D eigenvalue weighted by atomic mass is 10.0. The third-order valence-corrected chi connectivity index (χ3v) is 3.87. The fourth-order valence-corrected chi connectivity index (χ4v) is 2.39. The Morgan fingerprint density at radius 1 is 1.26 bits per heavy atom. The molecule has 0 radical (unpaired) electrons. The quantitative estimate of drug-likeness (QED) is 0.807. The maximum absolute atomic E-state index is 6.24. The topological polar surface area (TPSA) is 24.9 Å². The Hall–Kier alpha value is -0.990. The molecule has 0 bridgehead atoms. The molecule has 102 valence electrons. The molecule has 1 aromatic heterocycles. The Kier molecular flexibility index (Phi) is 4.54. The summed E-state index contributed by atoms with van der Waals surface area (Å²) in [7, 11) is 0. The van der Waals surface area contributed by atoms with Crippen LogP contribution in [0.1, 0.15) is 38.7 Å². The second-order valence-corrected chi connectivity index (χ2v) is 5.73. The molecular formula is C15H18Cl2N2. The highest BCUT2D eigenvalue weighted by Gasteiger charge is 2.13. The lowest BCUT2D eigenvalue weighted by Crippen LogP contribution is -2.06. The Labute approximate surface area is 124 Å². The van der Waals surface area contributed by atoms with Gasteiger partial charge in [-0.25, -0.2) is 4.98 Å². The molecule has 0 atom stereocenters. The standard InChI is InChI=1S/C15H18Cl2N2/c1-4-7-18-15-11(9(2)3)8-10-5-6-12(16)13(17)14(10)19-15/h5-6,8-9H,4,7H2,1-3H3,(H,18,19). The molecule has 0 aliphatic carbocycles. The average Bonchev–Trinajstić information content (AvgIpc) is 2.40. The second-order valence-electron chi connectivity index (χ2n) is 4.94. The summed E-state index contributed by atoms with van der Waals surface area (Å²) in [5, 5.41) is 5.46. The number of halogens is 2. The molecule has 0 aliphatic rings. The first-order valence-corrected chi connectivity index (χ1v) is 7.32. The number of nitrogens with one attached hydrogen (secondary N) is 1. The van der Waals surface area contributed by atoms with Crippen LogP contribution >= 0.6 is 23.2 Å². The summed E-state index contributed by atoms with van der Waals surface area (Å²) in [6, 6.07) is 5.93. The molecular weight excluding hydrogens is 279 g/mol. The Bertz CT molecular complexity index is 594. The van der Waals surface area contributed by atoms with Gasteiger partial charge in [0.2, 0.25) is 0 Å². The van der Waals surface area contributed by atoms with E-state index < -0.39 is 0 Å². The van der Waals surface area contributed by atoms with Crippen molar-refractivity contribution in [1.82, 2.24) is 4.98 Å². The fourth-order valence-electron chi connectivity index (χ4n) is 2.02. The second kappa shape index (κ2) is 5.98. The molecule has 0 saturated carbocycles. The SMILES string of the molecule is CCCNc1nc2c(Cl)c(Cl)ccc2cc1C(C)C. The molecule has 2 aromatic rings. The summed E-state index contributed by atoms with van der Waals surface area (Å²) in [5.74, 6) is 1.32. The number of rotatable bonds is 4. The summed E-state index contributed by atoms with van der Waals surface area (Å²) in [6.45, 7) is 7.36. The molecule has 19 heavy (non-hydrogen) atoms. The summed E-state index contributed by atoms with van der Waals surface area (Å²) in [6.07, 6.45) is 1.06. The number of pyridine rings is 1. The summed E-state index contributed by atoms with van der Waals surface area (Å²) in [4.78, 5) is 4.67. The van der Waals surface area contributed by atoms with Gasteiger partial charge in [-0.05, 0) is 30.0 Å². The number of hydrogen-bond donors (Lipinski definition) is 1. The van der Waals surface area contributed by atoms with E-state index in [0.717, 1.165) is 29.7 Å². The van der Waals surface area contributed by atoms with Crippen molar-refractivity contribution in [1.29, 1.82) is 0 Å². The van der Waals surface area contributed by atoms with Crippen LogP contribution in [0.3, 0.4) is 0 Å². The van der Waals surface area contributed by atoms with Crippen molar-refractivity contribution in [3.63, 3.8) is 0 Å². The molecule has 0 unspecified atom stereocenters. The van der Waals surface area contributed by atoms with Gasteiger partial charge in [-0.2, -0.15) is 0 Å². The Morgan fingerprint density at radius 3 is 2.63 bits per heavy atom. The number of nitrogens with zero attached hydrogens (tertiary/aromatic N) is 1. The van der Waals surface area contributed by atoms with Crippen LogP contribution in [0, 0.1) is 0 Å². The van der Waals surface area contributed by atoms with Crippen molar-refractivity contribution in [2.75, 3.05) is 11.9 Å². The van der Waals surface area contributed by atoms with Crippen LogP contribution in [0.5, 0.6) is 0 Å². The summed E-state index contributed by atoms with van der Waals surface area (Å²) < 4.78 is 0. The number of hydrogen-bond acceptors (Lipinski definition) is 2. The van der Waals surface area contributed by atoms with Crippen LogP contribution < -0.4 is 5.32 Å². The van der Waals surface area contributed by atoms with Gasteiger partial charge in [0.25, 0.3) is 0 Å². The predicted molar refractivity (Wildman–Crippen MR) is 84.6 cm³/mol. The highest BCUT2D eigenvalue weighted by molar-refractivity contribution is 6.45. The zero-order valence-corrected chi connectivity index (χ0v) is 12.9. The summed E-state index contributed by atoms with van der Waals surface area (Å²) >= 11 is 12.3. The first kappa shape index (κ1) is 14.4. The molecule has 0 saturated heterocycles. The van der Waals surface area contributed by atoms with Crippen molar-refractivity contribution in [2.45, 2.75) is 33.1 Å². The van der Waals surface area contributed by atoms with Crippen LogP contribution in [0.15, 0.2) is 18.2 Å². The number of aromatic nitrogens is 1. The van der Waals surface area contributed by atoms with E-state index in [9.17, 15) is 0 Å². The Morgan fingerprint density at radius 2 is 2.00 bits per heavy atom. The van der Waals surface area contributed by atoms with Crippen LogP contribution in [0.4, 0.5) is 5.82 Å². The van der Waals surface area contributed by atoms with Crippen molar-refractivity contribution in [3.05, 3.63) is 33.8 Å². The molecule has 2 rings (SSSR count). The van der Waals surface area contributed by atoms with Crippen molar-refractivity contribution in [3.8, 4) is 0 Å². The van der Waals surface area contributed by atoms with Crippen LogP contribution in [-0.2, 0) is 0 Å². The number of fused-ring (bicyclic) bond motifs is 1. The lowest BCUT2D eigenvalue weighted by molar-refractivity contribution is 0.856. The van der Waals surface area contributed by atoms with Crippen LogP contribution in [-0.4, -0.2) is 11.5 Å². The van der Waals surface area contributed by atoms with E-state index in [0.29, 0.717) is 16.0 Å². The van der Waals surface area contributed by atoms with Gasteiger partial charge in [0.15, 0.2) is 0 Å². The molecule has 1 heterocycles. The molecule has 0 aliphatic heterocycles. The third kappa shape index (κ3) is 2.96. The molecule has 1 aromatic carbocycles. The molecule has 0 fully saturated rings. The smallest absolute Gasteiger partial charge is 0.130 e. The van der Waals surface area contributed by atoms with Crippen molar-refractivity contribution < 1.29 is 0 Å². The van der Waals surface area contributed by atoms with Gasteiger partial charge < -0.3 is 5.32 Å². The maximum atomic E-state index is 6.24. The van der Waals surface area contributed by atoms with Gasteiger partial charge in [-0.1, -0.05) is 50.0 Å². The van der Waals surface area contributed by atoms with Gasteiger partial charge in [0.05, 0.1) is 15.6 Å². The molecule has 2 nitrogen and oxygen atoms in total. The molecule has 1 N–H and O–H groups in total. The summed E-state index contributed by atoms with van der Waals surface area (Å²) in [5.41, 5.74) is 1.97. The molecule has 0 amide bonds. The normalized spacial score (nSPS) is 11.3. The van der Waals surface area contributed by atoms with E-state index in [-0.39, 0.29) is 0 Å². The molecule has 0 spiro atoms. The predicted octanol–water partition coefficient (Wildman–Crippen LogP) is 5.49. The van der Waals surface area contributed by atoms with E-state index in [1.54, 1.807) is 0 Å². The van der Waals surface area contributed by atoms with Crippen molar-refractivity contribution >= 4 is 39.9 Å². The fraction of sp³-hybridized carbons (Fsp3) is 0.400. The van der Waals surface area contributed by atoms with Crippen molar-refractivity contribution in [2.24, 2.45) is 0 Å². The number of anilines is 1. The third-order valence-electron chi connectivity index (χ3n) is 3.07. The van der Waals surface area contributed by atoms with Gasteiger partial charge in [-0.3, -0.25) is 0 Å². The van der Waals surface area contributed by atoms with Crippen LogP contribution in [0.2, 0.25) is 10.0 Å². The van der Waals surface area contributed by atoms with Gasteiger partial charge in [0, 0.05) is 11.9 Å². The van der Waals surface area contributed by atoms with E-state index in [1.165, 1.54) is 5.56 Å². The largest absolute Gasteiger partial charge is 0.370 e. The first-order chi connectivity index (χ1) is 9.04. The molecule has 4 heteroatoms. The zero-order valence-electron chi connectivity index (χ0n) is 11.4. The van der Waals surface area contributed by atoms with Gasteiger partial charge >= 0.3 is 0 Å². The van der Waals surface area contributed by atoms with Gasteiger partial charge in [-0.15, -0.1) is 0 Å². The zero-order chi connectivity index (χ0) is 14.0. The minimum absolute atomic E-state index is 0.408. The van der Waals surface area contributed by atoms with E-state index in [1.807, 2.05) is 12.1 Å². The highest BCUT2D eigenvalue weighted by Crippen LogP contribution is 2.33.